The van der Waals surface area contributed by atoms with Crippen molar-refractivity contribution in [1.29, 1.82) is 0 Å². The monoisotopic (exact) mass is 256 g/mol. The molecule has 4 heteroatoms. The first kappa shape index (κ1) is 13.0. The quantitative estimate of drug-likeness (QED) is 0.790. The maximum absolute atomic E-state index is 11.5. The molecule has 19 heavy (non-hydrogen) atoms. The molecule has 0 saturated carbocycles. The summed E-state index contributed by atoms with van der Waals surface area (Å²) in [5.74, 6) is 1.19. The molecule has 0 N–H and O–H groups in total. The van der Waals surface area contributed by atoms with Crippen molar-refractivity contribution in [2.75, 3.05) is 14.2 Å². The van der Waals surface area contributed by atoms with Crippen molar-refractivity contribution >= 4 is 11.9 Å². The number of hydrogen-bond acceptors (Lipinski definition) is 4. The van der Waals surface area contributed by atoms with Gasteiger partial charge in [-0.3, -0.25) is 4.99 Å². The Kier molecular flexibility index (Phi) is 4.03. The molecule has 0 heterocycles. The fourth-order valence-electron chi connectivity index (χ4n) is 1.64. The molecule has 0 amide bonds. The Morgan fingerprint density at radius 3 is 2.42 bits per heavy atom. The van der Waals surface area contributed by atoms with Gasteiger partial charge >= 0.3 is 0 Å². The lowest BCUT2D eigenvalue weighted by molar-refractivity contribution is -0.267. The summed E-state index contributed by atoms with van der Waals surface area (Å²) in [6, 6.07) is 12.1. The van der Waals surface area contributed by atoms with Gasteiger partial charge in [-0.25, -0.2) is 0 Å². The van der Waals surface area contributed by atoms with Gasteiger partial charge in [0.1, 0.15) is 0 Å². The minimum absolute atomic E-state index is 0.0979. The van der Waals surface area contributed by atoms with Gasteiger partial charge in [0, 0.05) is 6.21 Å². The van der Waals surface area contributed by atoms with Gasteiger partial charge in [-0.1, -0.05) is 23.9 Å². The van der Waals surface area contributed by atoms with E-state index in [9.17, 15) is 5.11 Å². The predicted octanol–water partition coefficient (Wildman–Crippen LogP) is 2.53. The maximum Gasteiger partial charge on any atom is 0.161 e. The van der Waals surface area contributed by atoms with E-state index in [1.54, 1.807) is 50.8 Å². The number of para-hydroxylation sites is 2. The lowest BCUT2D eigenvalue weighted by Gasteiger charge is -2.09. The number of nitrogens with zero attached hydrogens (tertiary/aromatic N) is 1. The van der Waals surface area contributed by atoms with Gasteiger partial charge in [-0.05, 0) is 29.8 Å². The second-order valence-corrected chi connectivity index (χ2v) is 3.84. The Hall–Kier alpha value is -2.49. The van der Waals surface area contributed by atoms with Crippen molar-refractivity contribution < 1.29 is 14.6 Å². The van der Waals surface area contributed by atoms with Crippen molar-refractivity contribution in [3.63, 3.8) is 0 Å². The van der Waals surface area contributed by atoms with Crippen LogP contribution in [0, 0.1) is 0 Å². The van der Waals surface area contributed by atoms with E-state index in [0.717, 1.165) is 5.56 Å². The van der Waals surface area contributed by atoms with Crippen LogP contribution in [0.1, 0.15) is 5.56 Å². The normalized spacial score (nSPS) is 10.6. The molecule has 2 rings (SSSR count). The van der Waals surface area contributed by atoms with Gasteiger partial charge in [0.05, 0.1) is 19.9 Å². The zero-order chi connectivity index (χ0) is 13.7. The maximum atomic E-state index is 11.5. The highest BCUT2D eigenvalue weighted by Crippen LogP contribution is 2.27. The molecule has 0 bridgehead atoms. The van der Waals surface area contributed by atoms with Crippen molar-refractivity contribution in [2.45, 2.75) is 0 Å². The summed E-state index contributed by atoms with van der Waals surface area (Å²) in [6.07, 6.45) is 1.62. The smallest absolute Gasteiger partial charge is 0.161 e. The Balaban J connectivity index is 2.26. The molecule has 2 aromatic carbocycles. The zero-order valence-corrected chi connectivity index (χ0v) is 10.8. The number of methoxy groups -OCH3 is 2. The molecule has 4 nitrogen and oxygen atoms in total. The van der Waals surface area contributed by atoms with Crippen LogP contribution in [0.15, 0.2) is 47.5 Å². The summed E-state index contributed by atoms with van der Waals surface area (Å²) in [5, 5.41) is 11.5. The van der Waals surface area contributed by atoms with Gasteiger partial charge in [0.15, 0.2) is 11.5 Å². The largest absolute Gasteiger partial charge is 0.871 e. The fourth-order valence-corrected chi connectivity index (χ4v) is 1.64. The third-order valence-corrected chi connectivity index (χ3v) is 2.63. The minimum Gasteiger partial charge on any atom is -0.871 e. The molecule has 0 aliphatic rings. The van der Waals surface area contributed by atoms with Crippen LogP contribution >= 0.6 is 0 Å². The van der Waals surface area contributed by atoms with Crippen molar-refractivity contribution in [3.8, 4) is 17.2 Å². The molecule has 2 aromatic rings. The number of aliphatic imine (C=N–C) groups is 1. The highest BCUT2D eigenvalue weighted by molar-refractivity contribution is 5.83. The van der Waals surface area contributed by atoms with Crippen LogP contribution < -0.4 is 14.6 Å². The van der Waals surface area contributed by atoms with Gasteiger partial charge < -0.3 is 14.6 Å². The molecule has 0 aromatic heterocycles. The number of rotatable bonds is 4. The van der Waals surface area contributed by atoms with Gasteiger partial charge in [0.2, 0.25) is 0 Å². The van der Waals surface area contributed by atoms with Crippen LogP contribution in [0.4, 0.5) is 5.69 Å². The summed E-state index contributed by atoms with van der Waals surface area (Å²) >= 11 is 0. The number of benzene rings is 2. The first-order chi connectivity index (χ1) is 9.24. The van der Waals surface area contributed by atoms with Crippen LogP contribution in [0.2, 0.25) is 0 Å². The lowest BCUT2D eigenvalue weighted by Crippen LogP contribution is -1.92. The minimum atomic E-state index is -0.0979. The van der Waals surface area contributed by atoms with E-state index in [2.05, 4.69) is 4.99 Å². The van der Waals surface area contributed by atoms with Crippen LogP contribution in [0.3, 0.4) is 0 Å². The van der Waals surface area contributed by atoms with Crippen molar-refractivity contribution in [1.82, 2.24) is 0 Å². The van der Waals surface area contributed by atoms with Crippen molar-refractivity contribution in [3.05, 3.63) is 48.0 Å². The molecule has 0 aliphatic carbocycles. The highest BCUT2D eigenvalue weighted by atomic mass is 16.5. The first-order valence-corrected chi connectivity index (χ1v) is 5.76. The van der Waals surface area contributed by atoms with E-state index in [4.69, 9.17) is 9.47 Å². The highest BCUT2D eigenvalue weighted by Gasteiger charge is 2.02. The van der Waals surface area contributed by atoms with Gasteiger partial charge in [-0.2, -0.15) is 0 Å². The number of ether oxygens (including phenoxy) is 2. The van der Waals surface area contributed by atoms with Crippen LogP contribution in [-0.4, -0.2) is 20.4 Å². The molecular weight excluding hydrogens is 242 g/mol. The Morgan fingerprint density at radius 2 is 1.74 bits per heavy atom. The zero-order valence-electron chi connectivity index (χ0n) is 10.8. The van der Waals surface area contributed by atoms with E-state index in [-0.39, 0.29) is 5.75 Å². The molecular formula is C15H14NO3-. The van der Waals surface area contributed by atoms with E-state index < -0.39 is 0 Å². The third kappa shape index (κ3) is 3.04. The molecule has 0 radical (unpaired) electrons. The SMILES string of the molecule is COc1ccc(C=Nc2ccccc2[O-])cc1OC. The first-order valence-electron chi connectivity index (χ1n) is 5.76. The molecule has 0 aliphatic heterocycles. The third-order valence-electron chi connectivity index (χ3n) is 2.63. The molecule has 0 saturated heterocycles. The van der Waals surface area contributed by atoms with E-state index in [0.29, 0.717) is 17.2 Å². The molecule has 0 spiro atoms. The molecule has 0 fully saturated rings. The average molecular weight is 256 g/mol. The van der Waals surface area contributed by atoms with Crippen LogP contribution in [0.25, 0.3) is 0 Å². The standard InChI is InChI=1S/C15H15NO3/c1-18-14-8-7-11(9-15(14)19-2)10-16-12-5-3-4-6-13(12)17/h3-10,17H,1-2H3/p-1. The summed E-state index contributed by atoms with van der Waals surface area (Å²) in [6.45, 7) is 0. The second kappa shape index (κ2) is 5.91. The van der Waals surface area contributed by atoms with E-state index in [1.807, 2.05) is 6.07 Å². The Morgan fingerprint density at radius 1 is 1.00 bits per heavy atom. The van der Waals surface area contributed by atoms with Crippen molar-refractivity contribution in [2.24, 2.45) is 4.99 Å². The number of hydrogen-bond donors (Lipinski definition) is 0. The molecule has 98 valence electrons. The summed E-state index contributed by atoms with van der Waals surface area (Å²) in [5.41, 5.74) is 1.25. The van der Waals surface area contributed by atoms with Crippen LogP contribution in [-0.2, 0) is 0 Å². The van der Waals surface area contributed by atoms with Gasteiger partial charge in [0.25, 0.3) is 0 Å². The second-order valence-electron chi connectivity index (χ2n) is 3.84. The average Bonchev–Trinajstić information content (AvgIpc) is 2.46. The topological polar surface area (TPSA) is 53.9 Å². The predicted molar refractivity (Wildman–Crippen MR) is 72.7 cm³/mol. The fraction of sp³-hybridized carbons (Fsp3) is 0.133. The summed E-state index contributed by atoms with van der Waals surface area (Å²) in [4.78, 5) is 4.17. The van der Waals surface area contributed by atoms with Crippen LogP contribution in [0.5, 0.6) is 17.2 Å². The molecule has 0 atom stereocenters. The van der Waals surface area contributed by atoms with E-state index in [1.165, 1.54) is 6.07 Å². The summed E-state index contributed by atoms with van der Waals surface area (Å²) in [7, 11) is 3.16. The Labute approximate surface area is 111 Å². The lowest BCUT2D eigenvalue weighted by atomic mass is 10.2. The van der Waals surface area contributed by atoms with E-state index >= 15 is 0 Å². The molecule has 0 unspecified atom stereocenters. The van der Waals surface area contributed by atoms with Gasteiger partial charge in [-0.15, -0.1) is 0 Å². The summed E-state index contributed by atoms with van der Waals surface area (Å²) < 4.78 is 10.4. The Bertz CT molecular complexity index is 594.